The Kier molecular flexibility index (Phi) is 53.7. The molecule has 0 saturated carbocycles. The van der Waals surface area contributed by atoms with E-state index in [-0.39, 0.29) is 0 Å². The number of hydrogen-bond donors (Lipinski definition) is 0. The topological polar surface area (TPSA) is 12.9 Å². The van der Waals surface area contributed by atoms with E-state index in [9.17, 15) is 0 Å². The molecule has 620 valence electrons. The van der Waals surface area contributed by atoms with Gasteiger partial charge in [0.25, 0.3) is 0 Å². The molecule has 0 fully saturated rings. The van der Waals surface area contributed by atoms with Crippen LogP contribution in [0, 0.1) is 125 Å². The molecular weight excluding hydrogens is 1370 g/mol. The van der Waals surface area contributed by atoms with Gasteiger partial charge in [-0.15, -0.1) is 0 Å². The van der Waals surface area contributed by atoms with E-state index in [1.807, 2.05) is 172 Å². The Morgan fingerprint density at radius 2 is 0.456 bits per heavy atom. The second-order valence-corrected chi connectivity index (χ2v) is 26.4. The van der Waals surface area contributed by atoms with Crippen molar-refractivity contribution in [3.05, 3.63) is 321 Å². The zero-order valence-electron chi connectivity index (χ0n) is 81.0. The summed E-state index contributed by atoms with van der Waals surface area (Å²) in [5.74, 6) is 0. The molecule has 0 N–H and O–H groups in total. The lowest BCUT2D eigenvalue weighted by Gasteiger charge is -2.11. The summed E-state index contributed by atoms with van der Waals surface area (Å²) < 4.78 is 0. The van der Waals surface area contributed by atoms with E-state index in [4.69, 9.17) is 0 Å². The standard InChI is InChI=1S/4C16H16.C13H14.C12H13N.12C2H6/c2*1-10-8-14-9-13-6-4-5-7-15(13)16(14)12(3)11(10)2;2*1-10-8-16-14-7-5-4-6-13(14)9-15(16)12(3)11(10)2;1-9-8-12-6-4-5-7-13(12)11(3)10(9)2;1-8-9(2)11-6-4-5-7-12(11)13-10(8)3;12*1-2/h4*4-8H,9H2,1-3H3;4-8H,1-3H3;4-7H,1-3H3;12*1-2H3. The average molecular weight is 1540 g/mol. The highest BCUT2D eigenvalue weighted by Crippen LogP contribution is 2.44. The van der Waals surface area contributed by atoms with Crippen LogP contribution in [-0.4, -0.2) is 4.98 Å². The van der Waals surface area contributed by atoms with Crippen LogP contribution in [0.3, 0.4) is 0 Å². The van der Waals surface area contributed by atoms with Crippen LogP contribution in [0.5, 0.6) is 0 Å². The minimum Gasteiger partial charge on any atom is -0.253 e. The predicted octanol–water partition coefficient (Wildman–Crippen LogP) is 36.0. The van der Waals surface area contributed by atoms with E-state index in [0.29, 0.717) is 0 Å². The lowest BCUT2D eigenvalue weighted by atomic mass is 9.93. The largest absolute Gasteiger partial charge is 0.253 e. The van der Waals surface area contributed by atoms with Crippen LogP contribution < -0.4 is 0 Å². The maximum absolute atomic E-state index is 4.54. The van der Waals surface area contributed by atoms with Crippen LogP contribution in [0.15, 0.2) is 176 Å². The first-order valence-corrected chi connectivity index (χ1v) is 44.6. The van der Waals surface area contributed by atoms with Crippen molar-refractivity contribution in [1.29, 1.82) is 0 Å². The predicted molar refractivity (Wildman–Crippen MR) is 526 cm³/mol. The Morgan fingerprint density at radius 3 is 0.825 bits per heavy atom. The van der Waals surface area contributed by atoms with Gasteiger partial charge in [-0.3, -0.25) is 4.98 Å². The van der Waals surface area contributed by atoms with Crippen LogP contribution in [0.25, 0.3) is 66.2 Å². The van der Waals surface area contributed by atoms with Crippen LogP contribution >= 0.6 is 0 Å². The van der Waals surface area contributed by atoms with Crippen LogP contribution in [0.2, 0.25) is 0 Å². The molecule has 114 heavy (non-hydrogen) atoms. The monoisotopic (exact) mass is 1530 g/mol. The molecule has 1 aromatic heterocycles. The van der Waals surface area contributed by atoms with E-state index in [1.165, 1.54) is 200 Å². The van der Waals surface area contributed by atoms with Crippen molar-refractivity contribution in [2.45, 2.75) is 316 Å². The van der Waals surface area contributed by atoms with Gasteiger partial charge in [0.1, 0.15) is 0 Å². The SMILES string of the molecule is CC.CC.CC.CC.CC.CC.CC.CC.CC.CC.CC.CC.Cc1cc2c(c(C)c1C)-c1ccccc1C2.Cc1cc2c(c(C)c1C)-c1ccccc1C2.Cc1cc2c(c(C)c1C)Cc1ccccc1-2.Cc1cc2c(c(C)c1C)Cc1ccccc1-2.Cc1cc2ccccc2c(C)c1C.Cc1nc2ccccc2c(C)c1C. The maximum atomic E-state index is 4.54. The highest BCUT2D eigenvalue weighted by atomic mass is 14.7. The first kappa shape index (κ1) is 107. The molecule has 0 amide bonds. The van der Waals surface area contributed by atoms with E-state index >= 15 is 0 Å². The second kappa shape index (κ2) is 57.2. The fraction of sp³-hybridized carbons (Fsp3) is 0.407. The summed E-state index contributed by atoms with van der Waals surface area (Å²) in [7, 11) is 0. The summed E-state index contributed by atoms with van der Waals surface area (Å²) in [5.41, 5.74) is 50.0. The number of fused-ring (bicyclic) bond motifs is 14. The van der Waals surface area contributed by atoms with Crippen LogP contribution in [0.1, 0.15) is 311 Å². The van der Waals surface area contributed by atoms with Crippen molar-refractivity contribution in [1.82, 2.24) is 4.98 Å². The molecule has 1 heterocycles. The van der Waals surface area contributed by atoms with Crippen molar-refractivity contribution in [3.8, 4) is 44.5 Å². The number of rotatable bonds is 0. The van der Waals surface area contributed by atoms with Gasteiger partial charge >= 0.3 is 0 Å². The lowest BCUT2D eigenvalue weighted by molar-refractivity contribution is 1.17. The summed E-state index contributed by atoms with van der Waals surface area (Å²) in [5, 5.41) is 4.00. The third kappa shape index (κ3) is 26.6. The Morgan fingerprint density at radius 1 is 0.193 bits per heavy atom. The summed E-state index contributed by atoms with van der Waals surface area (Å²) in [6.07, 6.45) is 4.43. The molecule has 0 spiro atoms. The number of aryl methyl sites for hydroxylation is 8. The Hall–Kier alpha value is -8.91. The number of nitrogens with zero attached hydrogens (tertiary/aromatic N) is 1. The van der Waals surface area contributed by atoms with Crippen LogP contribution in [-0.2, 0) is 25.7 Å². The Bertz CT molecular complexity index is 4480. The highest BCUT2D eigenvalue weighted by Gasteiger charge is 2.25. The molecular formula is C113H163N. The maximum Gasteiger partial charge on any atom is 0.0708 e. The lowest BCUT2D eigenvalue weighted by Crippen LogP contribution is -1.93. The molecule has 16 rings (SSSR count). The third-order valence-corrected chi connectivity index (χ3v) is 21.3. The fourth-order valence-electron chi connectivity index (χ4n) is 14.5. The molecule has 0 saturated heterocycles. The number of para-hydroxylation sites is 1. The van der Waals surface area contributed by atoms with Crippen molar-refractivity contribution in [2.75, 3.05) is 0 Å². The van der Waals surface area contributed by atoms with Crippen molar-refractivity contribution in [3.63, 3.8) is 0 Å². The third-order valence-electron chi connectivity index (χ3n) is 21.3. The fourth-order valence-corrected chi connectivity index (χ4v) is 14.5. The summed E-state index contributed by atoms with van der Waals surface area (Å²) >= 11 is 0. The van der Waals surface area contributed by atoms with Gasteiger partial charge < -0.3 is 0 Å². The minimum atomic E-state index is 1.10. The zero-order valence-corrected chi connectivity index (χ0v) is 81.0. The van der Waals surface area contributed by atoms with Gasteiger partial charge in [-0.1, -0.05) is 336 Å². The molecule has 0 aliphatic heterocycles. The molecule has 12 aromatic rings. The minimum absolute atomic E-state index is 1.10. The Labute approximate surface area is 703 Å². The number of benzene rings is 11. The van der Waals surface area contributed by atoms with E-state index in [0.717, 1.165) is 36.9 Å². The van der Waals surface area contributed by atoms with Gasteiger partial charge in [0.15, 0.2) is 0 Å². The van der Waals surface area contributed by atoms with Gasteiger partial charge in [-0.2, -0.15) is 0 Å². The van der Waals surface area contributed by atoms with Crippen molar-refractivity contribution < 1.29 is 0 Å². The van der Waals surface area contributed by atoms with Crippen molar-refractivity contribution >= 4 is 21.7 Å². The van der Waals surface area contributed by atoms with Gasteiger partial charge in [0.2, 0.25) is 0 Å². The first-order valence-electron chi connectivity index (χ1n) is 44.6. The zero-order chi connectivity index (χ0) is 88.0. The molecule has 4 aliphatic rings. The molecule has 0 atom stereocenters. The first-order chi connectivity index (χ1) is 55.1. The van der Waals surface area contributed by atoms with Gasteiger partial charge in [0.05, 0.1) is 5.52 Å². The number of hydrogen-bond acceptors (Lipinski definition) is 1. The average Bonchev–Trinajstić information content (AvgIpc) is 1.72. The quantitative estimate of drug-likeness (QED) is 0.147. The molecule has 0 unspecified atom stereocenters. The van der Waals surface area contributed by atoms with E-state index < -0.39 is 0 Å². The molecule has 0 radical (unpaired) electrons. The molecule has 1 nitrogen and oxygen atoms in total. The summed E-state index contributed by atoms with van der Waals surface area (Å²) in [4.78, 5) is 4.54. The van der Waals surface area contributed by atoms with Gasteiger partial charge in [-0.25, -0.2) is 0 Å². The number of pyridine rings is 1. The molecule has 4 aliphatic carbocycles. The second-order valence-electron chi connectivity index (χ2n) is 26.4. The Balaban J connectivity index is 0. The molecule has 11 aromatic carbocycles. The van der Waals surface area contributed by atoms with Gasteiger partial charge in [-0.05, 0) is 351 Å². The normalized spacial score (nSPS) is 10.1. The number of aromatic nitrogens is 1. The molecule has 0 bridgehead atoms. The van der Waals surface area contributed by atoms with Gasteiger partial charge in [0, 0.05) is 11.1 Å². The van der Waals surface area contributed by atoms with E-state index in [2.05, 4.69) is 299 Å². The summed E-state index contributed by atoms with van der Waals surface area (Å²) in [6.45, 7) is 87.7. The van der Waals surface area contributed by atoms with Crippen LogP contribution in [0.4, 0.5) is 0 Å². The smallest absolute Gasteiger partial charge is 0.0708 e. The molecule has 1 heteroatoms. The highest BCUT2D eigenvalue weighted by molar-refractivity contribution is 5.88. The van der Waals surface area contributed by atoms with Crippen molar-refractivity contribution in [2.24, 2.45) is 0 Å². The van der Waals surface area contributed by atoms with E-state index in [1.54, 1.807) is 0 Å². The summed E-state index contributed by atoms with van der Waals surface area (Å²) in [6, 6.07) is 63.6.